The number of carbonyl (C=O) groups excluding carboxylic acids is 1. The Morgan fingerprint density at radius 2 is 2.11 bits per heavy atom. The lowest BCUT2D eigenvalue weighted by Crippen LogP contribution is -2.09. The highest BCUT2D eigenvalue weighted by Crippen LogP contribution is 2.32. The molecule has 0 radical (unpaired) electrons. The number of hydrogen-bond acceptors (Lipinski definition) is 4. The van der Waals surface area contributed by atoms with Crippen LogP contribution in [0.4, 0.5) is 4.39 Å². The molecular weight excluding hydrogens is 239 g/mol. The van der Waals surface area contributed by atoms with E-state index in [1.807, 2.05) is 0 Å². The van der Waals surface area contributed by atoms with Gasteiger partial charge in [-0.05, 0) is 26.0 Å². The van der Waals surface area contributed by atoms with Gasteiger partial charge in [-0.2, -0.15) is 0 Å². The van der Waals surface area contributed by atoms with Gasteiger partial charge in [0.2, 0.25) is 0 Å². The number of ketones is 1. The fourth-order valence-corrected chi connectivity index (χ4v) is 1.51. The van der Waals surface area contributed by atoms with Crippen LogP contribution in [0.3, 0.4) is 0 Å². The molecule has 0 aliphatic carbocycles. The molecule has 0 spiro atoms. The van der Waals surface area contributed by atoms with Crippen molar-refractivity contribution in [2.45, 2.75) is 26.4 Å². The third kappa shape index (κ3) is 3.43. The average Bonchev–Trinajstić information content (AvgIpc) is 2.28. The molecule has 0 fully saturated rings. The second kappa shape index (κ2) is 6.35. The van der Waals surface area contributed by atoms with E-state index in [9.17, 15) is 9.18 Å². The zero-order chi connectivity index (χ0) is 13.7. The van der Waals surface area contributed by atoms with E-state index >= 15 is 0 Å². The molecule has 0 bridgehead atoms. The van der Waals surface area contributed by atoms with Gasteiger partial charge < -0.3 is 14.6 Å². The normalized spacial score (nSPS) is 10.6. The van der Waals surface area contributed by atoms with Crippen LogP contribution >= 0.6 is 0 Å². The number of benzene rings is 1. The van der Waals surface area contributed by atoms with Crippen molar-refractivity contribution >= 4 is 5.78 Å². The van der Waals surface area contributed by atoms with Crippen LogP contribution in [-0.4, -0.2) is 30.7 Å². The SMILES string of the molecule is COc1c(F)cc(C(=O)CCO)cc1OC(C)C. The smallest absolute Gasteiger partial charge is 0.196 e. The molecule has 4 nitrogen and oxygen atoms in total. The summed E-state index contributed by atoms with van der Waals surface area (Å²) in [4.78, 5) is 11.6. The molecule has 100 valence electrons. The highest BCUT2D eigenvalue weighted by molar-refractivity contribution is 5.96. The van der Waals surface area contributed by atoms with Gasteiger partial charge in [0.1, 0.15) is 0 Å². The number of aliphatic hydroxyl groups excluding tert-OH is 1. The lowest BCUT2D eigenvalue weighted by molar-refractivity contribution is 0.0955. The maximum atomic E-state index is 13.7. The van der Waals surface area contributed by atoms with Gasteiger partial charge in [0.05, 0.1) is 19.8 Å². The van der Waals surface area contributed by atoms with Crippen molar-refractivity contribution in [2.75, 3.05) is 13.7 Å². The van der Waals surface area contributed by atoms with Crippen LogP contribution in [0.15, 0.2) is 12.1 Å². The maximum Gasteiger partial charge on any atom is 0.196 e. The van der Waals surface area contributed by atoms with E-state index in [-0.39, 0.29) is 42.0 Å². The van der Waals surface area contributed by atoms with E-state index < -0.39 is 5.82 Å². The Balaban J connectivity index is 3.16. The topological polar surface area (TPSA) is 55.8 Å². The number of halogens is 1. The average molecular weight is 256 g/mol. The molecule has 0 unspecified atom stereocenters. The minimum atomic E-state index is -0.656. The molecule has 0 aromatic heterocycles. The molecule has 0 aliphatic heterocycles. The molecule has 0 heterocycles. The number of rotatable bonds is 6. The van der Waals surface area contributed by atoms with Gasteiger partial charge >= 0.3 is 0 Å². The Morgan fingerprint density at radius 1 is 1.44 bits per heavy atom. The second-order valence-electron chi connectivity index (χ2n) is 4.05. The van der Waals surface area contributed by atoms with E-state index in [2.05, 4.69) is 0 Å². The number of aliphatic hydroxyl groups is 1. The quantitative estimate of drug-likeness (QED) is 0.793. The first-order chi connectivity index (χ1) is 8.49. The Morgan fingerprint density at radius 3 is 2.61 bits per heavy atom. The van der Waals surface area contributed by atoms with Crippen molar-refractivity contribution in [3.05, 3.63) is 23.5 Å². The van der Waals surface area contributed by atoms with Crippen molar-refractivity contribution < 1.29 is 23.8 Å². The Hall–Kier alpha value is -1.62. The molecule has 18 heavy (non-hydrogen) atoms. The third-order valence-corrected chi connectivity index (χ3v) is 2.24. The molecule has 0 atom stereocenters. The predicted octanol–water partition coefficient (Wildman–Crippen LogP) is 2.19. The van der Waals surface area contributed by atoms with Crippen molar-refractivity contribution in [3.63, 3.8) is 0 Å². The summed E-state index contributed by atoms with van der Waals surface area (Å²) < 4.78 is 24.1. The van der Waals surface area contributed by atoms with E-state index in [1.54, 1.807) is 13.8 Å². The van der Waals surface area contributed by atoms with Crippen molar-refractivity contribution in [1.29, 1.82) is 0 Å². The third-order valence-electron chi connectivity index (χ3n) is 2.24. The monoisotopic (exact) mass is 256 g/mol. The zero-order valence-electron chi connectivity index (χ0n) is 10.7. The van der Waals surface area contributed by atoms with Crippen LogP contribution in [0, 0.1) is 5.82 Å². The summed E-state index contributed by atoms with van der Waals surface area (Å²) in [5.41, 5.74) is 0.165. The number of ether oxygens (including phenoxy) is 2. The largest absolute Gasteiger partial charge is 0.490 e. The van der Waals surface area contributed by atoms with Gasteiger partial charge in [-0.15, -0.1) is 0 Å². The van der Waals surface area contributed by atoms with Crippen LogP contribution in [0.1, 0.15) is 30.6 Å². The molecule has 1 aromatic rings. The van der Waals surface area contributed by atoms with E-state index in [0.717, 1.165) is 6.07 Å². The van der Waals surface area contributed by atoms with Crippen LogP contribution in [0.2, 0.25) is 0 Å². The standard InChI is InChI=1S/C13H17FO4/c1-8(2)18-12-7-9(11(16)4-5-15)6-10(14)13(12)17-3/h6-8,15H,4-5H2,1-3H3. The minimum Gasteiger partial charge on any atom is -0.490 e. The van der Waals surface area contributed by atoms with Gasteiger partial charge in [-0.3, -0.25) is 4.79 Å². The van der Waals surface area contributed by atoms with Crippen molar-refractivity contribution in [1.82, 2.24) is 0 Å². The van der Waals surface area contributed by atoms with Gasteiger partial charge in [0.15, 0.2) is 23.1 Å². The van der Waals surface area contributed by atoms with Gasteiger partial charge in [0.25, 0.3) is 0 Å². The van der Waals surface area contributed by atoms with Gasteiger partial charge in [0, 0.05) is 12.0 Å². The Kier molecular flexibility index (Phi) is 5.09. The first-order valence-electron chi connectivity index (χ1n) is 5.67. The van der Waals surface area contributed by atoms with Crippen LogP contribution in [-0.2, 0) is 0 Å². The lowest BCUT2D eigenvalue weighted by Gasteiger charge is -2.15. The van der Waals surface area contributed by atoms with Crippen LogP contribution in [0.5, 0.6) is 11.5 Å². The molecule has 0 amide bonds. The van der Waals surface area contributed by atoms with Crippen LogP contribution < -0.4 is 9.47 Å². The predicted molar refractivity (Wildman–Crippen MR) is 64.7 cm³/mol. The molecular formula is C13H17FO4. The first-order valence-corrected chi connectivity index (χ1v) is 5.67. The van der Waals surface area contributed by atoms with Crippen LogP contribution in [0.25, 0.3) is 0 Å². The fourth-order valence-electron chi connectivity index (χ4n) is 1.51. The summed E-state index contributed by atoms with van der Waals surface area (Å²) in [7, 11) is 1.33. The number of methoxy groups -OCH3 is 1. The number of carbonyl (C=O) groups is 1. The zero-order valence-corrected chi connectivity index (χ0v) is 10.7. The first kappa shape index (κ1) is 14.4. The molecule has 1 rings (SSSR count). The summed E-state index contributed by atoms with van der Waals surface area (Å²) in [5.74, 6) is -0.831. The fraction of sp³-hybridized carbons (Fsp3) is 0.462. The summed E-state index contributed by atoms with van der Waals surface area (Å²) in [6, 6.07) is 2.52. The van der Waals surface area contributed by atoms with Gasteiger partial charge in [-0.1, -0.05) is 0 Å². The van der Waals surface area contributed by atoms with Gasteiger partial charge in [-0.25, -0.2) is 4.39 Å². The number of Topliss-reactive ketones (excluding diaryl/α,β-unsaturated/α-hetero) is 1. The summed E-state index contributed by atoms with van der Waals surface area (Å²) in [6.45, 7) is 3.31. The highest BCUT2D eigenvalue weighted by Gasteiger charge is 2.17. The molecule has 0 saturated carbocycles. The lowest BCUT2D eigenvalue weighted by atomic mass is 10.1. The summed E-state index contributed by atoms with van der Waals surface area (Å²) in [6.07, 6.45) is -0.214. The van der Waals surface area contributed by atoms with Crippen molar-refractivity contribution in [2.24, 2.45) is 0 Å². The van der Waals surface area contributed by atoms with E-state index in [0.29, 0.717) is 0 Å². The molecule has 1 N–H and O–H groups in total. The highest BCUT2D eigenvalue weighted by atomic mass is 19.1. The Bertz CT molecular complexity index is 429. The number of hydrogen-bond donors (Lipinski definition) is 1. The van der Waals surface area contributed by atoms with E-state index in [1.165, 1.54) is 13.2 Å². The minimum absolute atomic E-state index is 0.0238. The molecule has 1 aromatic carbocycles. The summed E-state index contributed by atoms with van der Waals surface area (Å²) >= 11 is 0. The molecule has 0 saturated heterocycles. The maximum absolute atomic E-state index is 13.7. The van der Waals surface area contributed by atoms with E-state index in [4.69, 9.17) is 14.6 Å². The molecule has 0 aliphatic rings. The second-order valence-corrected chi connectivity index (χ2v) is 4.05. The Labute approximate surface area is 105 Å². The van der Waals surface area contributed by atoms with Crippen molar-refractivity contribution in [3.8, 4) is 11.5 Å². The molecule has 5 heteroatoms. The summed E-state index contributed by atoms with van der Waals surface area (Å²) in [5, 5.41) is 8.71.